The first-order chi connectivity index (χ1) is 8.02. The minimum atomic E-state index is -0.263. The number of esters is 1. The summed E-state index contributed by atoms with van der Waals surface area (Å²) in [6.07, 6.45) is 0.0581. The van der Waals surface area contributed by atoms with E-state index in [0.717, 1.165) is 11.4 Å². The standard InChI is InChI=1S/C13H19NO3/c1-10(8-13(15)16-4)17-12-7-5-6-11(9-12)14(2)3/h5-7,9-10H,8H2,1-4H3. The summed E-state index contributed by atoms with van der Waals surface area (Å²) in [5.41, 5.74) is 1.06. The van der Waals surface area contributed by atoms with E-state index in [-0.39, 0.29) is 18.5 Å². The van der Waals surface area contributed by atoms with E-state index in [2.05, 4.69) is 4.74 Å². The maximum atomic E-state index is 11.1. The molecule has 0 heterocycles. The summed E-state index contributed by atoms with van der Waals surface area (Å²) < 4.78 is 10.2. The van der Waals surface area contributed by atoms with Crippen LogP contribution in [0.4, 0.5) is 5.69 Å². The molecular weight excluding hydrogens is 218 g/mol. The number of ether oxygens (including phenoxy) is 2. The lowest BCUT2D eigenvalue weighted by atomic mass is 10.2. The van der Waals surface area contributed by atoms with Crippen molar-refractivity contribution in [2.24, 2.45) is 0 Å². The van der Waals surface area contributed by atoms with Gasteiger partial charge < -0.3 is 14.4 Å². The van der Waals surface area contributed by atoms with E-state index in [9.17, 15) is 4.79 Å². The number of nitrogens with zero attached hydrogens (tertiary/aromatic N) is 1. The molecule has 0 radical (unpaired) electrons. The third kappa shape index (κ3) is 4.34. The number of carbonyl (C=O) groups is 1. The second kappa shape index (κ2) is 6.13. The lowest BCUT2D eigenvalue weighted by Crippen LogP contribution is -2.18. The summed E-state index contributed by atoms with van der Waals surface area (Å²) in [6.45, 7) is 1.85. The van der Waals surface area contributed by atoms with E-state index in [0.29, 0.717) is 0 Å². The molecule has 1 atom stereocenters. The number of rotatable bonds is 5. The van der Waals surface area contributed by atoms with Crippen LogP contribution < -0.4 is 9.64 Å². The third-order valence-corrected chi connectivity index (χ3v) is 2.35. The summed E-state index contributed by atoms with van der Waals surface area (Å²) in [6, 6.07) is 7.74. The molecule has 17 heavy (non-hydrogen) atoms. The summed E-state index contributed by atoms with van der Waals surface area (Å²) in [5.74, 6) is 0.494. The third-order valence-electron chi connectivity index (χ3n) is 2.35. The summed E-state index contributed by atoms with van der Waals surface area (Å²) >= 11 is 0. The van der Waals surface area contributed by atoms with Crippen molar-refractivity contribution in [3.8, 4) is 5.75 Å². The zero-order valence-electron chi connectivity index (χ0n) is 10.8. The van der Waals surface area contributed by atoms with Gasteiger partial charge in [-0.05, 0) is 19.1 Å². The molecule has 0 bridgehead atoms. The van der Waals surface area contributed by atoms with Gasteiger partial charge in [0.2, 0.25) is 0 Å². The van der Waals surface area contributed by atoms with E-state index in [1.165, 1.54) is 7.11 Å². The first kappa shape index (κ1) is 13.4. The van der Waals surface area contributed by atoms with Crippen LogP contribution in [0, 0.1) is 0 Å². The Hall–Kier alpha value is -1.71. The number of hydrogen-bond donors (Lipinski definition) is 0. The van der Waals surface area contributed by atoms with Gasteiger partial charge in [-0.25, -0.2) is 0 Å². The zero-order valence-corrected chi connectivity index (χ0v) is 10.8. The molecule has 0 amide bonds. The molecule has 0 saturated carbocycles. The van der Waals surface area contributed by atoms with Crippen LogP contribution in [0.25, 0.3) is 0 Å². The van der Waals surface area contributed by atoms with Crippen LogP contribution in [-0.2, 0) is 9.53 Å². The van der Waals surface area contributed by atoms with Crippen molar-refractivity contribution in [2.75, 3.05) is 26.1 Å². The molecule has 1 unspecified atom stereocenters. The first-order valence-electron chi connectivity index (χ1n) is 5.53. The number of hydrogen-bond acceptors (Lipinski definition) is 4. The molecule has 0 fully saturated rings. The van der Waals surface area contributed by atoms with Gasteiger partial charge in [0, 0.05) is 25.8 Å². The fourth-order valence-electron chi connectivity index (χ4n) is 1.43. The van der Waals surface area contributed by atoms with Gasteiger partial charge in [0.1, 0.15) is 11.9 Å². The van der Waals surface area contributed by atoms with Crippen molar-refractivity contribution in [3.63, 3.8) is 0 Å². The Balaban J connectivity index is 2.62. The van der Waals surface area contributed by atoms with Crippen molar-refractivity contribution in [1.29, 1.82) is 0 Å². The number of benzene rings is 1. The molecule has 0 aliphatic carbocycles. The van der Waals surface area contributed by atoms with E-state index < -0.39 is 0 Å². The molecule has 94 valence electrons. The van der Waals surface area contributed by atoms with Crippen LogP contribution in [0.2, 0.25) is 0 Å². The SMILES string of the molecule is COC(=O)CC(C)Oc1cccc(N(C)C)c1. The topological polar surface area (TPSA) is 38.8 Å². The van der Waals surface area contributed by atoms with E-state index in [1.54, 1.807) is 0 Å². The summed E-state index contributed by atoms with van der Waals surface area (Å²) in [5, 5.41) is 0. The Kier molecular flexibility index (Phi) is 4.82. The van der Waals surface area contributed by atoms with Gasteiger partial charge in [0.15, 0.2) is 0 Å². The summed E-state index contributed by atoms with van der Waals surface area (Å²) in [7, 11) is 5.32. The second-order valence-electron chi connectivity index (χ2n) is 4.10. The minimum Gasteiger partial charge on any atom is -0.490 e. The molecule has 0 aliphatic heterocycles. The number of methoxy groups -OCH3 is 1. The monoisotopic (exact) mass is 237 g/mol. The van der Waals surface area contributed by atoms with E-state index in [1.807, 2.05) is 50.2 Å². The van der Waals surface area contributed by atoms with Gasteiger partial charge >= 0.3 is 5.97 Å². The lowest BCUT2D eigenvalue weighted by molar-refractivity contribution is -0.142. The number of carbonyl (C=O) groups excluding carboxylic acids is 1. The van der Waals surface area contributed by atoms with Gasteiger partial charge in [-0.1, -0.05) is 6.07 Å². The van der Waals surface area contributed by atoms with Gasteiger partial charge in [-0.2, -0.15) is 0 Å². The Morgan fingerprint density at radius 2 is 2.12 bits per heavy atom. The molecule has 0 N–H and O–H groups in total. The van der Waals surface area contributed by atoms with E-state index in [4.69, 9.17) is 4.74 Å². The van der Waals surface area contributed by atoms with Crippen molar-refractivity contribution in [3.05, 3.63) is 24.3 Å². The molecule has 0 spiro atoms. The lowest BCUT2D eigenvalue weighted by Gasteiger charge is -2.17. The van der Waals surface area contributed by atoms with Crippen LogP contribution >= 0.6 is 0 Å². The smallest absolute Gasteiger partial charge is 0.309 e. The highest BCUT2D eigenvalue weighted by Crippen LogP contribution is 2.20. The fraction of sp³-hybridized carbons (Fsp3) is 0.462. The Bertz CT molecular complexity index is 377. The molecule has 0 aliphatic rings. The predicted molar refractivity (Wildman–Crippen MR) is 67.5 cm³/mol. The van der Waals surface area contributed by atoms with Gasteiger partial charge in [0.25, 0.3) is 0 Å². The highest BCUT2D eigenvalue weighted by atomic mass is 16.5. The van der Waals surface area contributed by atoms with Crippen molar-refractivity contribution in [1.82, 2.24) is 0 Å². The second-order valence-corrected chi connectivity index (χ2v) is 4.10. The van der Waals surface area contributed by atoms with Gasteiger partial charge in [-0.15, -0.1) is 0 Å². The predicted octanol–water partition coefficient (Wildman–Crippen LogP) is 2.08. The summed E-state index contributed by atoms with van der Waals surface area (Å²) in [4.78, 5) is 13.1. The normalized spacial score (nSPS) is 11.8. The Morgan fingerprint density at radius 1 is 1.41 bits per heavy atom. The van der Waals surface area contributed by atoms with Crippen LogP contribution in [0.15, 0.2) is 24.3 Å². The molecule has 0 saturated heterocycles. The van der Waals surface area contributed by atoms with E-state index >= 15 is 0 Å². The maximum absolute atomic E-state index is 11.1. The van der Waals surface area contributed by atoms with Crippen molar-refractivity contribution >= 4 is 11.7 Å². The molecule has 1 rings (SSSR count). The van der Waals surface area contributed by atoms with Crippen molar-refractivity contribution < 1.29 is 14.3 Å². The van der Waals surface area contributed by atoms with Crippen LogP contribution in [0.3, 0.4) is 0 Å². The fourth-order valence-corrected chi connectivity index (χ4v) is 1.43. The quantitative estimate of drug-likeness (QED) is 0.735. The molecular formula is C13H19NO3. The largest absolute Gasteiger partial charge is 0.490 e. The number of anilines is 1. The van der Waals surface area contributed by atoms with Gasteiger partial charge in [0.05, 0.1) is 13.5 Å². The molecule has 4 nitrogen and oxygen atoms in total. The zero-order chi connectivity index (χ0) is 12.8. The Morgan fingerprint density at radius 3 is 2.71 bits per heavy atom. The highest BCUT2D eigenvalue weighted by Gasteiger charge is 2.10. The molecule has 1 aromatic rings. The average molecular weight is 237 g/mol. The minimum absolute atomic E-state index is 0.195. The van der Waals surface area contributed by atoms with Crippen LogP contribution in [-0.4, -0.2) is 33.3 Å². The Labute approximate surface area is 102 Å². The maximum Gasteiger partial charge on any atom is 0.309 e. The molecule has 0 aromatic heterocycles. The van der Waals surface area contributed by atoms with Crippen LogP contribution in [0.5, 0.6) is 5.75 Å². The van der Waals surface area contributed by atoms with Crippen molar-refractivity contribution in [2.45, 2.75) is 19.4 Å². The average Bonchev–Trinajstić information content (AvgIpc) is 2.28. The highest BCUT2D eigenvalue weighted by molar-refractivity contribution is 5.69. The first-order valence-corrected chi connectivity index (χ1v) is 5.53. The van der Waals surface area contributed by atoms with Crippen LogP contribution in [0.1, 0.15) is 13.3 Å². The molecule has 1 aromatic carbocycles. The van der Waals surface area contributed by atoms with Gasteiger partial charge in [-0.3, -0.25) is 4.79 Å². The molecule has 4 heteroatoms.